The van der Waals surface area contributed by atoms with E-state index in [-0.39, 0.29) is 23.8 Å². The van der Waals surface area contributed by atoms with Gasteiger partial charge in [-0.05, 0) is 24.6 Å². The summed E-state index contributed by atoms with van der Waals surface area (Å²) in [4.78, 5) is 26.7. The third-order valence-corrected chi connectivity index (χ3v) is 4.94. The first kappa shape index (κ1) is 20.0. The van der Waals surface area contributed by atoms with Crippen LogP contribution < -0.4 is 10.2 Å². The summed E-state index contributed by atoms with van der Waals surface area (Å²) in [5.41, 5.74) is 1.65. The molecule has 7 nitrogen and oxygen atoms in total. The molecule has 0 aliphatic carbocycles. The Morgan fingerprint density at radius 2 is 1.93 bits per heavy atom. The summed E-state index contributed by atoms with van der Waals surface area (Å²) in [5.74, 6) is -0.743. The van der Waals surface area contributed by atoms with Crippen LogP contribution in [-0.4, -0.2) is 48.5 Å². The highest BCUT2D eigenvalue weighted by Crippen LogP contribution is 2.34. The first-order valence-corrected chi connectivity index (χ1v) is 9.19. The van der Waals surface area contributed by atoms with Gasteiger partial charge in [-0.15, -0.1) is 0 Å². The molecule has 0 unspecified atom stereocenters. The number of para-hydroxylation sites is 1. The van der Waals surface area contributed by atoms with Gasteiger partial charge in [0.25, 0.3) is 5.69 Å². The van der Waals surface area contributed by atoms with Crippen LogP contribution in [0.1, 0.15) is 5.56 Å². The van der Waals surface area contributed by atoms with E-state index in [0.29, 0.717) is 31.2 Å². The minimum atomic E-state index is -0.469. The molecular formula is C19H20ClFN4O3. The number of carbonyl (C=O) groups excluding carboxylic acids is 1. The van der Waals surface area contributed by atoms with E-state index in [9.17, 15) is 19.3 Å². The van der Waals surface area contributed by atoms with E-state index >= 15 is 0 Å². The molecule has 0 radical (unpaired) electrons. The average molecular weight is 407 g/mol. The van der Waals surface area contributed by atoms with Crippen molar-refractivity contribution in [1.82, 2.24) is 4.90 Å². The number of hydrogen-bond acceptors (Lipinski definition) is 5. The fourth-order valence-corrected chi connectivity index (χ4v) is 3.69. The van der Waals surface area contributed by atoms with Crippen molar-refractivity contribution in [3.05, 3.63) is 62.9 Å². The normalized spacial score (nSPS) is 14.8. The summed E-state index contributed by atoms with van der Waals surface area (Å²) in [6.45, 7) is 4.46. The summed E-state index contributed by atoms with van der Waals surface area (Å²) in [6, 6.07) is 8.91. The van der Waals surface area contributed by atoms with Crippen molar-refractivity contribution in [3.63, 3.8) is 0 Å². The fraction of sp³-hybridized carbons (Fsp3) is 0.316. The van der Waals surface area contributed by atoms with Crippen LogP contribution in [0.25, 0.3) is 0 Å². The number of carbonyl (C=O) groups is 1. The Balaban J connectivity index is 1.58. The number of aryl methyl sites for hydroxylation is 1. The maximum absolute atomic E-state index is 13.6. The lowest BCUT2D eigenvalue weighted by atomic mass is 10.1. The minimum absolute atomic E-state index is 0.0327. The van der Waals surface area contributed by atoms with Gasteiger partial charge < -0.3 is 10.2 Å². The SMILES string of the molecule is Cc1cc([N+](=O)[O-])cc(Cl)c1N1CCN(CC(=O)Nc2ccccc2F)CC1. The predicted octanol–water partition coefficient (Wildman–Crippen LogP) is 3.46. The molecule has 0 atom stereocenters. The number of nitro groups is 1. The van der Waals surface area contributed by atoms with Crippen molar-refractivity contribution in [2.24, 2.45) is 0 Å². The van der Waals surface area contributed by atoms with Gasteiger partial charge in [-0.2, -0.15) is 0 Å². The Morgan fingerprint density at radius 1 is 1.25 bits per heavy atom. The lowest BCUT2D eigenvalue weighted by Crippen LogP contribution is -2.49. The van der Waals surface area contributed by atoms with E-state index in [0.717, 1.165) is 11.3 Å². The summed E-state index contributed by atoms with van der Waals surface area (Å²) in [5, 5.41) is 13.9. The zero-order valence-corrected chi connectivity index (χ0v) is 16.1. The Morgan fingerprint density at radius 3 is 2.54 bits per heavy atom. The number of hydrogen-bond donors (Lipinski definition) is 1. The number of non-ortho nitro benzene ring substituents is 1. The van der Waals surface area contributed by atoms with E-state index in [2.05, 4.69) is 10.2 Å². The van der Waals surface area contributed by atoms with Gasteiger partial charge in [0, 0.05) is 38.3 Å². The highest BCUT2D eigenvalue weighted by atomic mass is 35.5. The lowest BCUT2D eigenvalue weighted by Gasteiger charge is -2.36. The molecule has 1 amide bonds. The van der Waals surface area contributed by atoms with Gasteiger partial charge in [0.15, 0.2) is 0 Å². The van der Waals surface area contributed by atoms with E-state index in [1.54, 1.807) is 19.1 Å². The number of piperazine rings is 1. The van der Waals surface area contributed by atoms with E-state index in [1.165, 1.54) is 24.3 Å². The van der Waals surface area contributed by atoms with Crippen molar-refractivity contribution >= 4 is 34.6 Å². The van der Waals surface area contributed by atoms with Gasteiger partial charge in [-0.1, -0.05) is 23.7 Å². The molecule has 1 heterocycles. The molecule has 1 fully saturated rings. The smallest absolute Gasteiger partial charge is 0.271 e. The number of rotatable bonds is 5. The molecule has 1 aliphatic heterocycles. The zero-order chi connectivity index (χ0) is 20.3. The second-order valence-corrected chi connectivity index (χ2v) is 7.05. The van der Waals surface area contributed by atoms with Crippen LogP contribution in [0.2, 0.25) is 5.02 Å². The van der Waals surface area contributed by atoms with E-state index < -0.39 is 10.7 Å². The van der Waals surface area contributed by atoms with E-state index in [4.69, 9.17) is 11.6 Å². The maximum atomic E-state index is 13.6. The zero-order valence-electron chi connectivity index (χ0n) is 15.3. The van der Waals surface area contributed by atoms with Crippen molar-refractivity contribution in [2.75, 3.05) is 42.9 Å². The monoisotopic (exact) mass is 406 g/mol. The third-order valence-electron chi connectivity index (χ3n) is 4.65. The molecule has 2 aromatic rings. The van der Waals surface area contributed by atoms with Gasteiger partial charge in [-0.25, -0.2) is 4.39 Å². The van der Waals surface area contributed by atoms with Gasteiger partial charge in [-0.3, -0.25) is 19.8 Å². The molecule has 1 N–H and O–H groups in total. The molecule has 3 rings (SSSR count). The second kappa shape index (κ2) is 8.53. The van der Waals surface area contributed by atoms with E-state index in [1.807, 2.05) is 4.90 Å². The molecule has 1 saturated heterocycles. The summed E-state index contributed by atoms with van der Waals surface area (Å²) in [7, 11) is 0. The van der Waals surface area contributed by atoms with Crippen LogP contribution in [0.3, 0.4) is 0 Å². The van der Waals surface area contributed by atoms with Crippen molar-refractivity contribution in [2.45, 2.75) is 6.92 Å². The molecule has 0 bridgehead atoms. The van der Waals surface area contributed by atoms with Gasteiger partial charge >= 0.3 is 0 Å². The highest BCUT2D eigenvalue weighted by molar-refractivity contribution is 6.33. The number of nitrogens with one attached hydrogen (secondary N) is 1. The van der Waals surface area contributed by atoms with Crippen molar-refractivity contribution in [3.8, 4) is 0 Å². The van der Waals surface area contributed by atoms with Gasteiger partial charge in [0.1, 0.15) is 5.82 Å². The van der Waals surface area contributed by atoms with Crippen LogP contribution in [0.4, 0.5) is 21.5 Å². The largest absolute Gasteiger partial charge is 0.368 e. The molecule has 148 valence electrons. The fourth-order valence-electron chi connectivity index (χ4n) is 3.31. The van der Waals surface area contributed by atoms with Crippen LogP contribution in [0.15, 0.2) is 36.4 Å². The summed E-state index contributed by atoms with van der Waals surface area (Å²) in [6.07, 6.45) is 0. The Hall–Kier alpha value is -2.71. The first-order valence-electron chi connectivity index (χ1n) is 8.81. The van der Waals surface area contributed by atoms with Crippen LogP contribution in [-0.2, 0) is 4.79 Å². The molecule has 0 spiro atoms. The average Bonchev–Trinajstić information content (AvgIpc) is 2.64. The van der Waals surface area contributed by atoms with Crippen LogP contribution in [0.5, 0.6) is 0 Å². The predicted molar refractivity (Wildman–Crippen MR) is 107 cm³/mol. The number of anilines is 2. The molecule has 1 aliphatic rings. The number of halogens is 2. The Bertz CT molecular complexity index is 877. The standard InChI is InChI=1S/C19H20ClFN4O3/c1-13-10-14(25(27)28)11-15(20)19(13)24-8-6-23(7-9-24)12-18(26)22-17-5-3-2-4-16(17)21/h2-5,10-11H,6-9,12H2,1H3,(H,22,26). The van der Waals surface area contributed by atoms with Gasteiger partial charge in [0.2, 0.25) is 5.91 Å². The Labute approximate surface area is 166 Å². The molecule has 28 heavy (non-hydrogen) atoms. The highest BCUT2D eigenvalue weighted by Gasteiger charge is 2.23. The van der Waals surface area contributed by atoms with Crippen molar-refractivity contribution < 1.29 is 14.1 Å². The first-order chi connectivity index (χ1) is 13.3. The maximum Gasteiger partial charge on any atom is 0.271 e. The Kier molecular flexibility index (Phi) is 6.11. The molecular weight excluding hydrogens is 387 g/mol. The summed E-state index contributed by atoms with van der Waals surface area (Å²) >= 11 is 6.28. The van der Waals surface area contributed by atoms with Crippen LogP contribution in [0, 0.1) is 22.9 Å². The molecule has 0 aromatic heterocycles. The number of nitrogens with zero attached hydrogens (tertiary/aromatic N) is 3. The van der Waals surface area contributed by atoms with Crippen LogP contribution >= 0.6 is 11.6 Å². The third kappa shape index (κ3) is 4.58. The molecule has 2 aromatic carbocycles. The molecule has 9 heteroatoms. The summed E-state index contributed by atoms with van der Waals surface area (Å²) < 4.78 is 13.6. The minimum Gasteiger partial charge on any atom is -0.368 e. The number of nitro benzene ring substituents is 1. The second-order valence-electron chi connectivity index (χ2n) is 6.64. The topological polar surface area (TPSA) is 78.7 Å². The van der Waals surface area contributed by atoms with Gasteiger partial charge in [0.05, 0.1) is 27.9 Å². The van der Waals surface area contributed by atoms with Crippen molar-refractivity contribution in [1.29, 1.82) is 0 Å². The number of amides is 1. The molecule has 0 saturated carbocycles. The lowest BCUT2D eigenvalue weighted by molar-refractivity contribution is -0.384. The number of benzene rings is 2. The quantitative estimate of drug-likeness (QED) is 0.607.